The summed E-state index contributed by atoms with van der Waals surface area (Å²) in [6, 6.07) is 3.05. The van der Waals surface area contributed by atoms with Gasteiger partial charge in [0.2, 0.25) is 5.52 Å². The highest BCUT2D eigenvalue weighted by Gasteiger charge is 2.33. The van der Waals surface area contributed by atoms with E-state index in [-0.39, 0.29) is 16.7 Å². The molecule has 106 valence electrons. The molecule has 1 aliphatic rings. The predicted octanol–water partition coefficient (Wildman–Crippen LogP) is 1.81. The molecule has 1 fully saturated rings. The summed E-state index contributed by atoms with van der Waals surface area (Å²) in [5.41, 5.74) is 6.82. The second kappa shape index (κ2) is 4.71. The summed E-state index contributed by atoms with van der Waals surface area (Å²) in [5, 5.41) is 21.7. The van der Waals surface area contributed by atoms with Crippen LogP contribution >= 0.6 is 0 Å². The molecule has 3 N–H and O–H groups in total. The quantitative estimate of drug-likeness (QED) is 0.645. The van der Waals surface area contributed by atoms with E-state index in [9.17, 15) is 10.1 Å². The molecule has 0 spiro atoms. The van der Waals surface area contributed by atoms with Gasteiger partial charge < -0.3 is 11.1 Å². The summed E-state index contributed by atoms with van der Waals surface area (Å²) >= 11 is 0. The van der Waals surface area contributed by atoms with Crippen LogP contribution in [0.15, 0.2) is 16.8 Å². The van der Waals surface area contributed by atoms with E-state index in [2.05, 4.69) is 20.3 Å². The summed E-state index contributed by atoms with van der Waals surface area (Å²) in [7, 11) is 0. The number of nitro benzene ring substituents is 1. The number of fused-ring (bicyclic) bond motifs is 1. The highest BCUT2D eigenvalue weighted by Crippen LogP contribution is 2.36. The topological polar surface area (TPSA) is 120 Å². The first kappa shape index (κ1) is 12.8. The molecule has 8 heteroatoms. The molecule has 1 aromatic heterocycles. The largest absolute Gasteiger partial charge is 0.376 e. The Morgan fingerprint density at radius 1 is 1.35 bits per heavy atom. The van der Waals surface area contributed by atoms with Gasteiger partial charge in [-0.3, -0.25) is 10.1 Å². The number of hydrogen-bond acceptors (Lipinski definition) is 7. The average Bonchev–Trinajstić information content (AvgIpc) is 3.08. The first-order chi connectivity index (χ1) is 9.65. The lowest BCUT2D eigenvalue weighted by Gasteiger charge is -2.29. The zero-order valence-electron chi connectivity index (χ0n) is 10.8. The van der Waals surface area contributed by atoms with Crippen molar-refractivity contribution in [3.63, 3.8) is 0 Å². The Morgan fingerprint density at radius 3 is 2.70 bits per heavy atom. The fourth-order valence-corrected chi connectivity index (χ4v) is 2.82. The normalized spacial score (nSPS) is 17.4. The second-order valence-electron chi connectivity index (χ2n) is 5.17. The van der Waals surface area contributed by atoms with Crippen molar-refractivity contribution in [1.29, 1.82) is 0 Å². The van der Waals surface area contributed by atoms with E-state index < -0.39 is 4.92 Å². The van der Waals surface area contributed by atoms with Crippen molar-refractivity contribution in [3.05, 3.63) is 22.2 Å². The van der Waals surface area contributed by atoms with Gasteiger partial charge in [0.25, 0.3) is 0 Å². The molecule has 0 aliphatic heterocycles. The number of hydrogen-bond donors (Lipinski definition) is 2. The van der Waals surface area contributed by atoms with Gasteiger partial charge in [0.15, 0.2) is 5.52 Å². The van der Waals surface area contributed by atoms with Gasteiger partial charge in [-0.05, 0) is 29.2 Å². The first-order valence-electron chi connectivity index (χ1n) is 6.53. The van der Waals surface area contributed by atoms with E-state index in [4.69, 9.17) is 5.73 Å². The lowest BCUT2D eigenvalue weighted by atomic mass is 9.97. The number of nitrogens with two attached hydrogens (primary N) is 1. The first-order valence-corrected chi connectivity index (χ1v) is 6.53. The number of nitro groups is 1. The maximum Gasteiger partial charge on any atom is 0.300 e. The van der Waals surface area contributed by atoms with E-state index in [1.54, 1.807) is 6.07 Å². The molecule has 1 heterocycles. The van der Waals surface area contributed by atoms with E-state index >= 15 is 0 Å². The molecule has 1 saturated carbocycles. The fraction of sp³-hybridized carbons (Fsp3) is 0.500. The summed E-state index contributed by atoms with van der Waals surface area (Å²) < 4.78 is 4.65. The smallest absolute Gasteiger partial charge is 0.300 e. The minimum atomic E-state index is -0.495. The van der Waals surface area contributed by atoms with Crippen LogP contribution in [0.2, 0.25) is 0 Å². The van der Waals surface area contributed by atoms with Crippen LogP contribution in [-0.4, -0.2) is 27.3 Å². The highest BCUT2D eigenvalue weighted by atomic mass is 16.6. The molecule has 0 bridgehead atoms. The third kappa shape index (κ3) is 1.97. The predicted molar refractivity (Wildman–Crippen MR) is 72.3 cm³/mol. The summed E-state index contributed by atoms with van der Waals surface area (Å²) in [6.45, 7) is 0.511. The van der Waals surface area contributed by atoms with Gasteiger partial charge in [-0.2, -0.15) is 0 Å². The minimum absolute atomic E-state index is 0.111. The number of non-ortho nitro benzene ring substituents is 1. The van der Waals surface area contributed by atoms with Crippen LogP contribution in [0.4, 0.5) is 11.4 Å². The Labute approximate surface area is 114 Å². The van der Waals surface area contributed by atoms with Gasteiger partial charge in [-0.15, -0.1) is 0 Å². The minimum Gasteiger partial charge on any atom is -0.376 e. The van der Waals surface area contributed by atoms with Crippen LogP contribution in [0.3, 0.4) is 0 Å². The summed E-state index contributed by atoms with van der Waals surface area (Å²) in [5.74, 6) is 0. The van der Waals surface area contributed by atoms with Crippen molar-refractivity contribution in [2.75, 3.05) is 11.9 Å². The van der Waals surface area contributed by atoms with E-state index in [0.717, 1.165) is 25.7 Å². The number of benzene rings is 1. The zero-order chi connectivity index (χ0) is 14.2. The lowest BCUT2D eigenvalue weighted by molar-refractivity contribution is -0.383. The number of aromatic nitrogens is 2. The summed E-state index contributed by atoms with van der Waals surface area (Å²) in [4.78, 5) is 10.4. The van der Waals surface area contributed by atoms with E-state index in [1.807, 2.05) is 0 Å². The molecular formula is C12H15N5O3. The van der Waals surface area contributed by atoms with Crippen molar-refractivity contribution in [3.8, 4) is 0 Å². The zero-order valence-corrected chi connectivity index (χ0v) is 10.8. The van der Waals surface area contributed by atoms with Crippen molar-refractivity contribution in [2.45, 2.75) is 31.2 Å². The SMILES string of the molecule is NCC1(Nc2ccc([N+](=O)[O-])c3nonc23)CCCC1. The van der Waals surface area contributed by atoms with E-state index in [1.165, 1.54) is 6.07 Å². The third-order valence-electron chi connectivity index (χ3n) is 3.94. The third-order valence-corrected chi connectivity index (χ3v) is 3.94. The van der Waals surface area contributed by atoms with Crippen LogP contribution in [0, 0.1) is 10.1 Å². The molecule has 2 aromatic rings. The van der Waals surface area contributed by atoms with Crippen LogP contribution in [-0.2, 0) is 0 Å². The molecule has 0 atom stereocenters. The van der Waals surface area contributed by atoms with Gasteiger partial charge >= 0.3 is 5.69 Å². The Morgan fingerprint density at radius 2 is 2.05 bits per heavy atom. The van der Waals surface area contributed by atoms with Crippen LogP contribution in [0.25, 0.3) is 11.0 Å². The van der Waals surface area contributed by atoms with Crippen molar-refractivity contribution in [1.82, 2.24) is 10.3 Å². The van der Waals surface area contributed by atoms with Gasteiger partial charge in [0.05, 0.1) is 10.6 Å². The van der Waals surface area contributed by atoms with Gasteiger partial charge in [-0.1, -0.05) is 12.8 Å². The van der Waals surface area contributed by atoms with Crippen LogP contribution in [0.1, 0.15) is 25.7 Å². The van der Waals surface area contributed by atoms with Crippen molar-refractivity contribution >= 4 is 22.4 Å². The number of nitrogens with one attached hydrogen (secondary N) is 1. The summed E-state index contributed by atoms with van der Waals surface area (Å²) in [6.07, 6.45) is 4.20. The van der Waals surface area contributed by atoms with Gasteiger partial charge in [0.1, 0.15) is 0 Å². The Balaban J connectivity index is 2.02. The van der Waals surface area contributed by atoms with Crippen LogP contribution in [0.5, 0.6) is 0 Å². The Bertz CT molecular complexity index is 648. The van der Waals surface area contributed by atoms with Gasteiger partial charge in [-0.25, -0.2) is 4.63 Å². The molecule has 3 rings (SSSR count). The maximum absolute atomic E-state index is 10.9. The van der Waals surface area contributed by atoms with Gasteiger partial charge in [0, 0.05) is 18.2 Å². The standard InChI is InChI=1S/C12H15N5O3/c13-7-12(5-1-2-6-12)14-8-3-4-9(17(18)19)11-10(8)15-20-16-11/h3-4,14H,1-2,5-7,13H2. The number of nitrogens with zero attached hydrogens (tertiary/aromatic N) is 3. The molecule has 8 nitrogen and oxygen atoms in total. The Kier molecular flexibility index (Phi) is 3.01. The fourth-order valence-electron chi connectivity index (χ4n) is 2.82. The number of rotatable bonds is 4. The highest BCUT2D eigenvalue weighted by molar-refractivity contribution is 5.93. The lowest BCUT2D eigenvalue weighted by Crippen LogP contribution is -2.42. The molecule has 0 amide bonds. The molecule has 0 saturated heterocycles. The second-order valence-corrected chi connectivity index (χ2v) is 5.17. The number of anilines is 1. The van der Waals surface area contributed by atoms with Crippen molar-refractivity contribution < 1.29 is 9.55 Å². The average molecular weight is 277 g/mol. The molecule has 0 radical (unpaired) electrons. The molecule has 0 unspecified atom stereocenters. The van der Waals surface area contributed by atoms with E-state index in [0.29, 0.717) is 17.7 Å². The molecule has 1 aliphatic carbocycles. The van der Waals surface area contributed by atoms with Crippen molar-refractivity contribution in [2.24, 2.45) is 5.73 Å². The molecular weight excluding hydrogens is 262 g/mol. The monoisotopic (exact) mass is 277 g/mol. The molecule has 20 heavy (non-hydrogen) atoms. The van der Waals surface area contributed by atoms with Crippen LogP contribution < -0.4 is 11.1 Å². The maximum atomic E-state index is 10.9. The Hall–Kier alpha value is -2.22. The molecule has 1 aromatic carbocycles.